The zero-order chi connectivity index (χ0) is 22.0. The maximum Gasteiger partial charge on any atom is 0.357 e. The van der Waals surface area contributed by atoms with Crippen molar-refractivity contribution >= 4 is 27.9 Å². The molecular weight excluding hydrogens is 464 g/mol. The Hall–Kier alpha value is -3.72. The molecule has 0 atom stereocenters. The number of hydrogen-bond donors (Lipinski definition) is 0. The van der Waals surface area contributed by atoms with Gasteiger partial charge in [-0.2, -0.15) is 10.2 Å². The van der Waals surface area contributed by atoms with E-state index in [1.165, 1.54) is 18.9 Å². The van der Waals surface area contributed by atoms with Gasteiger partial charge in [-0.1, -0.05) is 24.3 Å². The highest BCUT2D eigenvalue weighted by Crippen LogP contribution is 2.32. The zero-order valence-electron chi connectivity index (χ0n) is 16.7. The predicted octanol–water partition coefficient (Wildman–Crippen LogP) is 4.06. The highest BCUT2D eigenvalue weighted by molar-refractivity contribution is 9.10. The van der Waals surface area contributed by atoms with Crippen LogP contribution in [0.2, 0.25) is 0 Å². The molecule has 0 bridgehead atoms. The van der Waals surface area contributed by atoms with Crippen LogP contribution in [-0.4, -0.2) is 45.7 Å². The van der Waals surface area contributed by atoms with Gasteiger partial charge in [0.25, 0.3) is 0 Å². The van der Waals surface area contributed by atoms with Crippen LogP contribution in [0.1, 0.15) is 20.8 Å². The van der Waals surface area contributed by atoms with Gasteiger partial charge in [0, 0.05) is 22.4 Å². The molecule has 9 heteroatoms. The predicted molar refractivity (Wildman–Crippen MR) is 117 cm³/mol. The molecule has 0 saturated carbocycles. The van der Waals surface area contributed by atoms with Crippen molar-refractivity contribution in [3.05, 3.63) is 82.7 Å². The second kappa shape index (κ2) is 8.57. The number of halogens is 1. The molecule has 31 heavy (non-hydrogen) atoms. The van der Waals surface area contributed by atoms with Crippen molar-refractivity contribution in [2.75, 3.05) is 14.2 Å². The summed E-state index contributed by atoms with van der Waals surface area (Å²) in [5.41, 5.74) is 2.34. The Kier molecular flexibility index (Phi) is 5.68. The van der Waals surface area contributed by atoms with Crippen molar-refractivity contribution < 1.29 is 19.1 Å². The quantitative estimate of drug-likeness (QED) is 0.400. The third kappa shape index (κ3) is 3.75. The molecule has 0 aliphatic carbocycles. The second-order valence-electron chi connectivity index (χ2n) is 6.42. The minimum absolute atomic E-state index is 0.0113. The molecule has 8 nitrogen and oxygen atoms in total. The normalized spacial score (nSPS) is 10.7. The van der Waals surface area contributed by atoms with Crippen molar-refractivity contribution in [2.24, 2.45) is 0 Å². The van der Waals surface area contributed by atoms with Crippen molar-refractivity contribution in [1.82, 2.24) is 19.6 Å². The Morgan fingerprint density at radius 2 is 1.71 bits per heavy atom. The van der Waals surface area contributed by atoms with Crippen LogP contribution in [0, 0.1) is 0 Å². The number of carbonyl (C=O) groups is 2. The van der Waals surface area contributed by atoms with E-state index in [1.807, 2.05) is 42.6 Å². The topological polar surface area (TPSA) is 88.2 Å². The third-order valence-corrected chi connectivity index (χ3v) is 5.26. The van der Waals surface area contributed by atoms with Gasteiger partial charge in [-0.3, -0.25) is 0 Å². The van der Waals surface area contributed by atoms with Crippen molar-refractivity contribution in [1.29, 1.82) is 0 Å². The van der Waals surface area contributed by atoms with Gasteiger partial charge in [0.05, 0.1) is 25.6 Å². The van der Waals surface area contributed by atoms with Crippen LogP contribution >= 0.6 is 15.9 Å². The standard InChI is InChI=1S/C22H17BrN4O4/c1-30-21(28)18-19(14-9-10-17(16(23)13-14)26-12-6-11-24-26)25-27(20(18)22(29)31-2)15-7-4-3-5-8-15/h3-13H,1-2H3. The van der Waals surface area contributed by atoms with Crippen LogP contribution in [0.25, 0.3) is 22.6 Å². The Bertz CT molecular complexity index is 1250. The first kappa shape index (κ1) is 20.5. The molecule has 0 radical (unpaired) electrons. The van der Waals surface area contributed by atoms with E-state index in [0.29, 0.717) is 16.9 Å². The van der Waals surface area contributed by atoms with Gasteiger partial charge in [0.1, 0.15) is 11.3 Å². The van der Waals surface area contributed by atoms with E-state index in [2.05, 4.69) is 26.1 Å². The summed E-state index contributed by atoms with van der Waals surface area (Å²) >= 11 is 3.55. The number of nitrogens with zero attached hydrogens (tertiary/aromatic N) is 4. The van der Waals surface area contributed by atoms with E-state index in [-0.39, 0.29) is 11.3 Å². The maximum absolute atomic E-state index is 12.7. The lowest BCUT2D eigenvalue weighted by Gasteiger charge is -2.08. The SMILES string of the molecule is COC(=O)c1c(-c2ccc(-n3cccn3)c(Br)c2)nn(-c2ccccc2)c1C(=O)OC. The first-order valence-electron chi connectivity index (χ1n) is 9.20. The fourth-order valence-corrected chi connectivity index (χ4v) is 3.77. The lowest BCUT2D eigenvalue weighted by Crippen LogP contribution is -2.15. The van der Waals surface area contributed by atoms with Gasteiger partial charge < -0.3 is 9.47 Å². The van der Waals surface area contributed by atoms with Gasteiger partial charge in [-0.25, -0.2) is 19.0 Å². The van der Waals surface area contributed by atoms with Crippen molar-refractivity contribution in [3.63, 3.8) is 0 Å². The summed E-state index contributed by atoms with van der Waals surface area (Å²) in [6, 6.07) is 16.3. The largest absolute Gasteiger partial charge is 0.465 e. The summed E-state index contributed by atoms with van der Waals surface area (Å²) in [4.78, 5) is 25.4. The van der Waals surface area contributed by atoms with E-state index in [9.17, 15) is 9.59 Å². The van der Waals surface area contributed by atoms with Crippen LogP contribution < -0.4 is 0 Å². The van der Waals surface area contributed by atoms with Crippen molar-refractivity contribution in [2.45, 2.75) is 0 Å². The molecule has 4 rings (SSSR count). The summed E-state index contributed by atoms with van der Waals surface area (Å²) in [5.74, 6) is -1.39. The van der Waals surface area contributed by atoms with E-state index in [1.54, 1.807) is 29.1 Å². The number of rotatable bonds is 5. The monoisotopic (exact) mass is 480 g/mol. The maximum atomic E-state index is 12.7. The Balaban J connectivity index is 1.96. The number of ether oxygens (including phenoxy) is 2. The average Bonchev–Trinajstić information content (AvgIpc) is 3.47. The number of carbonyl (C=O) groups excluding carboxylic acids is 2. The molecule has 2 heterocycles. The smallest absolute Gasteiger partial charge is 0.357 e. The summed E-state index contributed by atoms with van der Waals surface area (Å²) in [7, 11) is 2.50. The highest BCUT2D eigenvalue weighted by Gasteiger charge is 2.31. The van der Waals surface area contributed by atoms with E-state index < -0.39 is 11.9 Å². The zero-order valence-corrected chi connectivity index (χ0v) is 18.2. The summed E-state index contributed by atoms with van der Waals surface area (Å²) < 4.78 is 13.7. The molecule has 0 aliphatic rings. The molecule has 2 aromatic heterocycles. The molecule has 0 unspecified atom stereocenters. The van der Waals surface area contributed by atoms with E-state index in [4.69, 9.17) is 9.47 Å². The summed E-state index contributed by atoms with van der Waals surface area (Å²) in [5, 5.41) is 8.83. The Morgan fingerprint density at radius 1 is 0.968 bits per heavy atom. The number of methoxy groups -OCH3 is 2. The second-order valence-corrected chi connectivity index (χ2v) is 7.27. The fourth-order valence-electron chi connectivity index (χ4n) is 3.21. The number of aromatic nitrogens is 4. The van der Waals surface area contributed by atoms with Gasteiger partial charge in [-0.05, 0) is 46.3 Å². The fraction of sp³-hybridized carbons (Fsp3) is 0.0909. The minimum Gasteiger partial charge on any atom is -0.465 e. The molecule has 4 aromatic rings. The summed E-state index contributed by atoms with van der Waals surface area (Å²) in [6.07, 6.45) is 3.50. The van der Waals surface area contributed by atoms with Crippen LogP contribution in [0.4, 0.5) is 0 Å². The molecule has 0 amide bonds. The van der Waals surface area contributed by atoms with Crippen molar-refractivity contribution in [3.8, 4) is 22.6 Å². The van der Waals surface area contributed by atoms with Gasteiger partial charge in [0.2, 0.25) is 0 Å². The molecule has 0 spiro atoms. The number of esters is 2. The molecular formula is C22H17BrN4O4. The molecule has 2 aromatic carbocycles. The number of para-hydroxylation sites is 1. The third-order valence-electron chi connectivity index (χ3n) is 4.63. The van der Waals surface area contributed by atoms with Gasteiger partial charge in [-0.15, -0.1) is 0 Å². The lowest BCUT2D eigenvalue weighted by atomic mass is 10.1. The Morgan fingerprint density at radius 3 is 2.32 bits per heavy atom. The molecule has 0 aliphatic heterocycles. The van der Waals surface area contributed by atoms with E-state index >= 15 is 0 Å². The number of benzene rings is 2. The molecule has 0 saturated heterocycles. The van der Waals surface area contributed by atoms with Gasteiger partial charge in [0.15, 0.2) is 5.69 Å². The molecule has 0 fully saturated rings. The minimum atomic E-state index is -0.699. The van der Waals surface area contributed by atoms with Gasteiger partial charge >= 0.3 is 11.9 Å². The number of hydrogen-bond acceptors (Lipinski definition) is 6. The summed E-state index contributed by atoms with van der Waals surface area (Å²) in [6.45, 7) is 0. The van der Waals surface area contributed by atoms with Crippen LogP contribution in [0.5, 0.6) is 0 Å². The Labute approximate surface area is 186 Å². The molecule has 156 valence electrons. The van der Waals surface area contributed by atoms with Crippen LogP contribution in [0.3, 0.4) is 0 Å². The van der Waals surface area contributed by atoms with E-state index in [0.717, 1.165) is 10.2 Å². The highest BCUT2D eigenvalue weighted by atomic mass is 79.9. The first-order valence-corrected chi connectivity index (χ1v) is 9.99. The lowest BCUT2D eigenvalue weighted by molar-refractivity contribution is 0.0549. The average molecular weight is 481 g/mol. The van der Waals surface area contributed by atoms with Crippen LogP contribution in [0.15, 0.2) is 71.5 Å². The molecule has 0 N–H and O–H groups in total. The first-order chi connectivity index (χ1) is 15.0. The van der Waals surface area contributed by atoms with Crippen LogP contribution in [-0.2, 0) is 9.47 Å².